The van der Waals surface area contributed by atoms with E-state index in [9.17, 15) is 14.4 Å². The fraction of sp³-hybridized carbons (Fsp3) is 0.290. The maximum absolute atomic E-state index is 12.8. The highest BCUT2D eigenvalue weighted by Gasteiger charge is 2.16. The summed E-state index contributed by atoms with van der Waals surface area (Å²) in [6, 6.07) is 11.2. The summed E-state index contributed by atoms with van der Waals surface area (Å²) in [6.07, 6.45) is 2.99. The molecule has 0 aliphatic rings. The molecule has 48 heavy (non-hydrogen) atoms. The number of amides is 2. The highest BCUT2D eigenvalue weighted by molar-refractivity contribution is 6.08. The lowest BCUT2D eigenvalue weighted by Gasteiger charge is -2.14. The number of hydrazine groups is 1. The van der Waals surface area contributed by atoms with Gasteiger partial charge in [-0.3, -0.25) is 9.59 Å². The highest BCUT2D eigenvalue weighted by Crippen LogP contribution is 2.16. The van der Waals surface area contributed by atoms with Gasteiger partial charge >= 0.3 is 0 Å². The van der Waals surface area contributed by atoms with Crippen molar-refractivity contribution in [2.24, 2.45) is 16.7 Å². The van der Waals surface area contributed by atoms with E-state index in [2.05, 4.69) is 46.5 Å². The van der Waals surface area contributed by atoms with Gasteiger partial charge in [-0.2, -0.15) is 9.97 Å². The lowest BCUT2D eigenvalue weighted by atomic mass is 10.0. The van der Waals surface area contributed by atoms with E-state index in [1.54, 1.807) is 48.7 Å². The van der Waals surface area contributed by atoms with E-state index in [0.717, 1.165) is 18.4 Å². The number of hydrogen-bond donors (Lipinski definition) is 9. The number of amidine groups is 1. The molecule has 0 spiro atoms. The molecule has 4 rings (SSSR count). The highest BCUT2D eigenvalue weighted by atomic mass is 16.2. The molecule has 2 amide bonds. The predicted octanol–water partition coefficient (Wildman–Crippen LogP) is 0.731. The second kappa shape index (κ2) is 19.5. The van der Waals surface area contributed by atoms with Crippen molar-refractivity contribution in [3.05, 3.63) is 76.6 Å². The van der Waals surface area contributed by atoms with Crippen molar-refractivity contribution in [3.8, 4) is 0 Å². The number of aliphatic hydroxyl groups excluding tert-OH is 1. The lowest BCUT2D eigenvalue weighted by Crippen LogP contribution is -2.37. The Kier molecular flexibility index (Phi) is 15.6. The van der Waals surface area contributed by atoms with Gasteiger partial charge in [0.1, 0.15) is 6.29 Å². The molecule has 0 radical (unpaired) electrons. The fourth-order valence-corrected chi connectivity index (χ4v) is 4.24. The molecule has 2 aromatic carbocycles. The van der Waals surface area contributed by atoms with Crippen LogP contribution in [0.3, 0.4) is 0 Å². The van der Waals surface area contributed by atoms with Crippen LogP contribution in [0.1, 0.15) is 64.2 Å². The monoisotopic (exact) mass is 661 g/mol. The van der Waals surface area contributed by atoms with Gasteiger partial charge in [-0.05, 0) is 56.2 Å². The van der Waals surface area contributed by atoms with Gasteiger partial charge < -0.3 is 43.1 Å². The standard InChI is InChI=1S/C28H33N13O3.C2H6.CH4O/c1-15-4-9-20(21(11-15)23(29)40-41-32)27(44)33-10-2-3-18(14-42)37-26(43)16-5-7-17(8-6-16)34-12-19-13-35-25-22(36-19)24(30)38-28(31)39-25;2*1-2/h4-9,11,13-14,18,34,41H,2-3,10,12,32H2,1H3,(H2,29,40)(H,33,44)(H,37,43)(H4,30,31,35,38,39);1-2H3;2H,1H3. The normalized spacial score (nSPS) is 11.2. The number of benzene rings is 2. The lowest BCUT2D eigenvalue weighted by molar-refractivity contribution is -0.109. The van der Waals surface area contributed by atoms with E-state index >= 15 is 0 Å². The molecule has 0 fully saturated rings. The average Bonchev–Trinajstić information content (AvgIpc) is 3.10. The third-order valence-electron chi connectivity index (χ3n) is 6.46. The van der Waals surface area contributed by atoms with Gasteiger partial charge in [-0.15, -0.1) is 5.10 Å². The van der Waals surface area contributed by atoms with Crippen LogP contribution in [0.4, 0.5) is 17.5 Å². The zero-order chi connectivity index (χ0) is 35.6. The Morgan fingerprint density at radius 1 is 1.00 bits per heavy atom. The number of hydrazone groups is 1. The van der Waals surface area contributed by atoms with Crippen LogP contribution >= 0.6 is 0 Å². The quantitative estimate of drug-likeness (QED) is 0.0238. The maximum Gasteiger partial charge on any atom is 0.252 e. The Morgan fingerprint density at radius 2 is 1.71 bits per heavy atom. The largest absolute Gasteiger partial charge is 0.400 e. The van der Waals surface area contributed by atoms with Crippen LogP contribution in [0, 0.1) is 6.92 Å². The van der Waals surface area contributed by atoms with Crippen LogP contribution in [0.5, 0.6) is 0 Å². The van der Waals surface area contributed by atoms with E-state index < -0.39 is 11.9 Å². The Labute approximate surface area is 278 Å². The molecule has 0 aliphatic carbocycles. The molecule has 2 heterocycles. The Balaban J connectivity index is 0.00000193. The number of anilines is 3. The molecule has 1 unspecified atom stereocenters. The maximum atomic E-state index is 12.8. The van der Waals surface area contributed by atoms with Crippen LogP contribution in [-0.4, -0.2) is 68.7 Å². The van der Waals surface area contributed by atoms with Gasteiger partial charge in [-0.1, -0.05) is 25.5 Å². The number of hydrogen-bond acceptors (Lipinski definition) is 14. The minimum absolute atomic E-state index is 0.0230. The summed E-state index contributed by atoms with van der Waals surface area (Å²) in [7, 11) is 1.00. The fourth-order valence-electron chi connectivity index (χ4n) is 4.24. The van der Waals surface area contributed by atoms with Crippen LogP contribution in [0.25, 0.3) is 11.2 Å². The summed E-state index contributed by atoms with van der Waals surface area (Å²) in [4.78, 5) is 53.7. The number of nitrogens with zero attached hydrogens (tertiary/aromatic N) is 5. The first-order chi connectivity index (χ1) is 23.2. The number of rotatable bonds is 13. The summed E-state index contributed by atoms with van der Waals surface area (Å²) >= 11 is 0. The Hall–Kier alpha value is -5.94. The molecule has 13 N–H and O–H groups in total. The van der Waals surface area contributed by atoms with Crippen molar-refractivity contribution in [2.75, 3.05) is 30.4 Å². The number of nitrogens with one attached hydrogen (secondary N) is 4. The van der Waals surface area contributed by atoms with Crippen LogP contribution in [0.15, 0.2) is 53.8 Å². The van der Waals surface area contributed by atoms with Gasteiger partial charge in [0.2, 0.25) is 5.95 Å². The molecule has 2 aromatic heterocycles. The molecule has 0 aliphatic heterocycles. The first kappa shape index (κ1) is 38.2. The molecule has 256 valence electrons. The van der Waals surface area contributed by atoms with Crippen molar-refractivity contribution in [1.82, 2.24) is 36.1 Å². The first-order valence-corrected chi connectivity index (χ1v) is 15.0. The number of nitrogen functional groups attached to an aromatic ring is 2. The Morgan fingerprint density at radius 3 is 2.38 bits per heavy atom. The number of nitrogens with two attached hydrogens (primary N) is 4. The van der Waals surface area contributed by atoms with E-state index in [1.807, 2.05) is 20.8 Å². The zero-order valence-electron chi connectivity index (χ0n) is 27.3. The molecular weight excluding hydrogens is 618 g/mol. The van der Waals surface area contributed by atoms with E-state index in [-0.39, 0.29) is 30.1 Å². The van der Waals surface area contributed by atoms with E-state index in [0.29, 0.717) is 59.2 Å². The number of carbonyl (C=O) groups is 3. The number of aryl methyl sites for hydroxylation is 1. The molecule has 1 atom stereocenters. The van der Waals surface area contributed by atoms with Gasteiger partial charge in [0.15, 0.2) is 22.8 Å². The molecule has 0 saturated carbocycles. The zero-order valence-corrected chi connectivity index (χ0v) is 27.3. The molecule has 17 heteroatoms. The van der Waals surface area contributed by atoms with Crippen molar-refractivity contribution in [3.63, 3.8) is 0 Å². The number of carbonyl (C=O) groups excluding carboxylic acids is 3. The van der Waals surface area contributed by atoms with E-state index in [4.69, 9.17) is 28.2 Å². The Bertz CT molecular complexity index is 1700. The van der Waals surface area contributed by atoms with Crippen LogP contribution in [-0.2, 0) is 11.3 Å². The molecule has 17 nitrogen and oxygen atoms in total. The summed E-state index contributed by atoms with van der Waals surface area (Å²) in [5.41, 5.74) is 23.5. The summed E-state index contributed by atoms with van der Waals surface area (Å²) in [5.74, 6) is 4.69. The molecule has 4 aromatic rings. The number of fused-ring (bicyclic) bond motifs is 1. The minimum Gasteiger partial charge on any atom is -0.400 e. The van der Waals surface area contributed by atoms with Crippen molar-refractivity contribution in [2.45, 2.75) is 46.2 Å². The summed E-state index contributed by atoms with van der Waals surface area (Å²) < 4.78 is 0. The number of aliphatic hydroxyl groups is 1. The second-order valence-electron chi connectivity index (χ2n) is 9.72. The van der Waals surface area contributed by atoms with Crippen molar-refractivity contribution < 1.29 is 19.5 Å². The third kappa shape index (κ3) is 10.8. The molecule has 0 saturated heterocycles. The molecule has 0 bridgehead atoms. The smallest absolute Gasteiger partial charge is 0.252 e. The topological polar surface area (TPSA) is 288 Å². The van der Waals surface area contributed by atoms with Gasteiger partial charge in [0, 0.05) is 30.5 Å². The average molecular weight is 662 g/mol. The van der Waals surface area contributed by atoms with Gasteiger partial charge in [0.05, 0.1) is 30.0 Å². The minimum atomic E-state index is -0.733. The first-order valence-electron chi connectivity index (χ1n) is 15.0. The summed E-state index contributed by atoms with van der Waals surface area (Å²) in [6.45, 7) is 6.47. The number of aromatic nitrogens is 4. The van der Waals surface area contributed by atoms with Crippen LogP contribution in [0.2, 0.25) is 0 Å². The van der Waals surface area contributed by atoms with Crippen LogP contribution < -0.4 is 44.5 Å². The van der Waals surface area contributed by atoms with E-state index in [1.165, 1.54) is 0 Å². The second-order valence-corrected chi connectivity index (χ2v) is 9.72. The number of aldehydes is 1. The predicted molar refractivity (Wildman–Crippen MR) is 185 cm³/mol. The molecular formula is C31H43N13O4. The summed E-state index contributed by atoms with van der Waals surface area (Å²) in [5, 5.41) is 19.5. The van der Waals surface area contributed by atoms with Crippen molar-refractivity contribution >= 4 is 52.6 Å². The van der Waals surface area contributed by atoms with Crippen molar-refractivity contribution in [1.29, 1.82) is 0 Å². The third-order valence-corrected chi connectivity index (χ3v) is 6.46. The SMILES string of the molecule is CC.CO.Cc1ccc(C(=O)NCCCC(C=O)NC(=O)c2ccc(NCc3cnc4nc(N)nc(N)c4n3)cc2)c(/C(N)=N/NN)c1. The van der Waals surface area contributed by atoms with Gasteiger partial charge in [-0.25, -0.2) is 21.3 Å². The van der Waals surface area contributed by atoms with Gasteiger partial charge in [0.25, 0.3) is 11.8 Å².